The highest BCUT2D eigenvalue weighted by Gasteiger charge is 2.51. The molecule has 1 aliphatic rings. The first-order chi connectivity index (χ1) is 11.1. The highest BCUT2D eigenvalue weighted by atomic mass is 32.1. The largest absolute Gasteiger partial charge is 0.466 e. The molecule has 6 heteroatoms. The molecule has 1 N–H and O–H groups in total. The number of thiazole rings is 1. The Balaban J connectivity index is 1.65. The third kappa shape index (κ3) is 3.42. The van der Waals surface area contributed by atoms with Crippen LogP contribution in [0.15, 0.2) is 35.7 Å². The first-order valence-electron chi connectivity index (χ1n) is 7.61. The van der Waals surface area contributed by atoms with Gasteiger partial charge < -0.3 is 10.1 Å². The number of hydrogen-bond donors (Lipinski definition) is 1. The fourth-order valence-electron chi connectivity index (χ4n) is 2.55. The van der Waals surface area contributed by atoms with Gasteiger partial charge in [-0.3, -0.25) is 9.59 Å². The van der Waals surface area contributed by atoms with Crippen molar-refractivity contribution < 1.29 is 14.3 Å². The van der Waals surface area contributed by atoms with Crippen molar-refractivity contribution in [2.75, 3.05) is 11.9 Å². The van der Waals surface area contributed by atoms with Crippen LogP contribution in [0.25, 0.3) is 0 Å². The minimum atomic E-state index is -0.422. The molecule has 120 valence electrons. The topological polar surface area (TPSA) is 68.3 Å². The number of hydrogen-bond acceptors (Lipinski definition) is 5. The van der Waals surface area contributed by atoms with Crippen molar-refractivity contribution in [2.45, 2.75) is 31.6 Å². The van der Waals surface area contributed by atoms with Crippen molar-refractivity contribution in [2.24, 2.45) is 0 Å². The van der Waals surface area contributed by atoms with Crippen LogP contribution >= 0.6 is 11.3 Å². The molecule has 23 heavy (non-hydrogen) atoms. The van der Waals surface area contributed by atoms with Gasteiger partial charge in [0.2, 0.25) is 5.91 Å². The van der Waals surface area contributed by atoms with E-state index in [1.165, 1.54) is 11.3 Å². The third-order valence-corrected chi connectivity index (χ3v) is 4.72. The average Bonchev–Trinajstić information content (AvgIpc) is 3.26. The lowest BCUT2D eigenvalue weighted by atomic mass is 9.95. The highest BCUT2D eigenvalue weighted by molar-refractivity contribution is 7.14. The number of carbonyl (C=O) groups excluding carboxylic acids is 2. The Labute approximate surface area is 138 Å². The zero-order valence-corrected chi connectivity index (χ0v) is 13.7. The first-order valence-corrected chi connectivity index (χ1v) is 8.49. The molecule has 0 spiro atoms. The molecule has 1 heterocycles. The van der Waals surface area contributed by atoms with Crippen LogP contribution in [0.1, 0.15) is 31.0 Å². The quantitative estimate of drug-likeness (QED) is 0.827. The molecule has 2 aromatic rings. The normalized spacial score (nSPS) is 15.0. The second-order valence-corrected chi connectivity index (χ2v) is 6.39. The van der Waals surface area contributed by atoms with E-state index >= 15 is 0 Å². The first kappa shape index (κ1) is 15.7. The van der Waals surface area contributed by atoms with Crippen LogP contribution in [0.2, 0.25) is 0 Å². The van der Waals surface area contributed by atoms with Gasteiger partial charge in [0.25, 0.3) is 0 Å². The predicted octanol–water partition coefficient (Wildman–Crippen LogP) is 2.92. The molecule has 0 unspecified atom stereocenters. The van der Waals surface area contributed by atoms with Gasteiger partial charge in [-0.2, -0.15) is 0 Å². The van der Waals surface area contributed by atoms with E-state index in [4.69, 9.17) is 4.74 Å². The smallest absolute Gasteiger partial charge is 0.311 e. The lowest BCUT2D eigenvalue weighted by Gasteiger charge is -2.14. The second-order valence-electron chi connectivity index (χ2n) is 5.53. The van der Waals surface area contributed by atoms with Crippen LogP contribution in [-0.2, 0) is 26.2 Å². The number of nitrogens with zero attached hydrogens (tertiary/aromatic N) is 1. The van der Waals surface area contributed by atoms with Crippen molar-refractivity contribution in [3.05, 3.63) is 47.0 Å². The summed E-state index contributed by atoms with van der Waals surface area (Å²) in [4.78, 5) is 28.3. The molecular formula is C17H18N2O3S. The number of esters is 1. The van der Waals surface area contributed by atoms with Gasteiger partial charge in [-0.25, -0.2) is 4.98 Å². The number of benzene rings is 1. The molecule has 1 aromatic heterocycles. The van der Waals surface area contributed by atoms with E-state index in [9.17, 15) is 9.59 Å². The minimum Gasteiger partial charge on any atom is -0.466 e. The number of ether oxygens (including phenoxy) is 1. The van der Waals surface area contributed by atoms with Crippen LogP contribution in [-0.4, -0.2) is 23.5 Å². The molecule has 1 amide bonds. The summed E-state index contributed by atoms with van der Waals surface area (Å²) >= 11 is 1.33. The number of carbonyl (C=O) groups is 2. The molecule has 1 saturated carbocycles. The van der Waals surface area contributed by atoms with Crippen molar-refractivity contribution >= 4 is 28.3 Å². The monoisotopic (exact) mass is 330 g/mol. The van der Waals surface area contributed by atoms with Gasteiger partial charge in [0.05, 0.1) is 24.1 Å². The Morgan fingerprint density at radius 3 is 2.70 bits per heavy atom. The lowest BCUT2D eigenvalue weighted by Crippen LogP contribution is -2.27. The van der Waals surface area contributed by atoms with Gasteiger partial charge in [-0.15, -0.1) is 11.3 Å². The van der Waals surface area contributed by atoms with E-state index < -0.39 is 5.41 Å². The van der Waals surface area contributed by atoms with E-state index in [1.54, 1.807) is 12.3 Å². The second kappa shape index (κ2) is 6.50. The van der Waals surface area contributed by atoms with Gasteiger partial charge in [0, 0.05) is 5.38 Å². The van der Waals surface area contributed by atoms with Gasteiger partial charge in [-0.1, -0.05) is 30.3 Å². The Hall–Kier alpha value is -2.21. The summed E-state index contributed by atoms with van der Waals surface area (Å²) in [6, 6.07) is 9.81. The fraction of sp³-hybridized carbons (Fsp3) is 0.353. The summed E-state index contributed by atoms with van der Waals surface area (Å²) in [7, 11) is 0. The SMILES string of the molecule is CCOC(=O)Cc1csc(NC(=O)C2(c3ccccc3)CC2)n1. The predicted molar refractivity (Wildman–Crippen MR) is 88.4 cm³/mol. The minimum absolute atomic E-state index is 0.0271. The van der Waals surface area contributed by atoms with Crippen LogP contribution in [0.4, 0.5) is 5.13 Å². The summed E-state index contributed by atoms with van der Waals surface area (Å²) in [5, 5.41) is 5.18. The Morgan fingerprint density at radius 2 is 2.04 bits per heavy atom. The molecule has 0 atom stereocenters. The van der Waals surface area contributed by atoms with Crippen molar-refractivity contribution in [3.8, 4) is 0 Å². The van der Waals surface area contributed by atoms with Crippen LogP contribution in [0.5, 0.6) is 0 Å². The summed E-state index contributed by atoms with van der Waals surface area (Å²) < 4.78 is 4.90. The van der Waals surface area contributed by atoms with E-state index in [1.807, 2.05) is 30.3 Å². The van der Waals surface area contributed by atoms with Gasteiger partial charge >= 0.3 is 5.97 Å². The fourth-order valence-corrected chi connectivity index (χ4v) is 3.26. The maximum atomic E-state index is 12.6. The number of rotatable bonds is 6. The Kier molecular flexibility index (Phi) is 4.43. The van der Waals surface area contributed by atoms with Gasteiger partial charge in [0.1, 0.15) is 0 Å². The Morgan fingerprint density at radius 1 is 1.30 bits per heavy atom. The number of anilines is 1. The van der Waals surface area contributed by atoms with E-state index in [2.05, 4.69) is 10.3 Å². The van der Waals surface area contributed by atoms with Crippen LogP contribution in [0, 0.1) is 0 Å². The van der Waals surface area contributed by atoms with Crippen molar-refractivity contribution in [1.29, 1.82) is 0 Å². The zero-order valence-electron chi connectivity index (χ0n) is 12.9. The van der Waals surface area contributed by atoms with E-state index in [0.717, 1.165) is 18.4 Å². The molecule has 0 radical (unpaired) electrons. The molecule has 1 aliphatic carbocycles. The molecular weight excluding hydrogens is 312 g/mol. The summed E-state index contributed by atoms with van der Waals surface area (Å²) in [6.45, 7) is 2.12. The lowest BCUT2D eigenvalue weighted by molar-refractivity contribution is -0.142. The van der Waals surface area contributed by atoms with Gasteiger partial charge in [0.15, 0.2) is 5.13 Å². The number of amides is 1. The zero-order chi connectivity index (χ0) is 16.3. The maximum Gasteiger partial charge on any atom is 0.311 e. The molecule has 0 aliphatic heterocycles. The number of aromatic nitrogens is 1. The standard InChI is InChI=1S/C17H18N2O3S/c1-2-22-14(20)10-13-11-23-16(18-13)19-15(21)17(8-9-17)12-6-4-3-5-7-12/h3-7,11H,2,8-10H2,1H3,(H,18,19,21). The van der Waals surface area contributed by atoms with Crippen LogP contribution < -0.4 is 5.32 Å². The average molecular weight is 330 g/mol. The molecule has 0 saturated heterocycles. The molecule has 3 rings (SSSR count). The molecule has 1 fully saturated rings. The molecule has 5 nitrogen and oxygen atoms in total. The third-order valence-electron chi connectivity index (χ3n) is 3.91. The summed E-state index contributed by atoms with van der Waals surface area (Å²) in [5.74, 6) is -0.334. The van der Waals surface area contributed by atoms with Gasteiger partial charge in [-0.05, 0) is 25.3 Å². The number of nitrogens with one attached hydrogen (secondary N) is 1. The highest BCUT2D eigenvalue weighted by Crippen LogP contribution is 2.49. The van der Waals surface area contributed by atoms with E-state index in [0.29, 0.717) is 17.4 Å². The molecule has 1 aromatic carbocycles. The van der Waals surface area contributed by atoms with Crippen LogP contribution in [0.3, 0.4) is 0 Å². The van der Waals surface area contributed by atoms with E-state index in [-0.39, 0.29) is 18.3 Å². The van der Waals surface area contributed by atoms with Crippen molar-refractivity contribution in [3.63, 3.8) is 0 Å². The summed E-state index contributed by atoms with van der Waals surface area (Å²) in [5.41, 5.74) is 1.24. The maximum absolute atomic E-state index is 12.6. The Bertz CT molecular complexity index is 708. The van der Waals surface area contributed by atoms with Crippen molar-refractivity contribution in [1.82, 2.24) is 4.98 Å². The molecule has 0 bridgehead atoms. The summed E-state index contributed by atoms with van der Waals surface area (Å²) in [6.07, 6.45) is 1.83.